The Balaban J connectivity index is 3.23. The van der Waals surface area contributed by atoms with Gasteiger partial charge in [-0.2, -0.15) is 0 Å². The number of thiocarbonyl (C=S) groups is 1. The predicted octanol–water partition coefficient (Wildman–Crippen LogP) is 1.40. The minimum Gasteiger partial charge on any atom is -0.282 e. The topological polar surface area (TPSA) is 9.23 Å². The molecule has 0 aromatic rings. The zero-order valence-corrected chi connectivity index (χ0v) is 3.80. The van der Waals surface area contributed by atoms with Crippen molar-refractivity contribution in [1.82, 2.24) is 0 Å². The normalized spacial score (nSPS) is 6.83. The molecule has 34 valence electrons. The van der Waals surface area contributed by atoms with E-state index in [2.05, 4.69) is 23.7 Å². The summed E-state index contributed by atoms with van der Waals surface area (Å²) in [5, 5.41) is -0.227. The first-order chi connectivity index (χ1) is 2.81. The fraction of sp³-hybridized carbons (Fsp3) is 0. The van der Waals surface area contributed by atoms with E-state index in [1.807, 2.05) is 0 Å². The second kappa shape index (κ2) is 2.78. The van der Waals surface area contributed by atoms with Crippen molar-refractivity contribution < 1.29 is 9.47 Å². The van der Waals surface area contributed by atoms with Crippen LogP contribution in [0.5, 0.6) is 0 Å². The van der Waals surface area contributed by atoms with E-state index in [0.717, 1.165) is 6.08 Å². The van der Waals surface area contributed by atoms with Gasteiger partial charge < -0.3 is 0 Å². The maximum absolute atomic E-state index is 10.7. The van der Waals surface area contributed by atoms with Crippen molar-refractivity contribution >= 4 is 17.3 Å². The van der Waals surface area contributed by atoms with Gasteiger partial charge in [0.05, 0.1) is 0 Å². The molecule has 0 fully saturated rings. The highest BCUT2D eigenvalue weighted by Gasteiger charge is 1.81. The summed E-state index contributed by atoms with van der Waals surface area (Å²) in [5.74, 6) is 0. The largest absolute Gasteiger partial charge is 0.282 e. The Morgan fingerprint density at radius 3 is 2.50 bits per heavy atom. The summed E-state index contributed by atoms with van der Waals surface area (Å²) in [6.07, 6.45) is 1.11. The van der Waals surface area contributed by atoms with Crippen molar-refractivity contribution in [3.05, 3.63) is 12.7 Å². The van der Waals surface area contributed by atoms with Crippen LogP contribution in [-0.2, 0) is 4.94 Å². The molecule has 1 nitrogen and oxygen atoms in total. The first kappa shape index (κ1) is 5.56. The molecule has 0 bridgehead atoms. The molecule has 0 spiro atoms. The molecule has 6 heavy (non-hydrogen) atoms. The summed E-state index contributed by atoms with van der Waals surface area (Å²) < 4.78 is 10.7. The van der Waals surface area contributed by atoms with E-state index in [0.29, 0.717) is 0 Å². The van der Waals surface area contributed by atoms with E-state index < -0.39 is 0 Å². The SMILES string of the molecule is C=CC(=S)OF. The van der Waals surface area contributed by atoms with Gasteiger partial charge in [-0.1, -0.05) is 6.58 Å². The molecule has 0 aromatic carbocycles. The van der Waals surface area contributed by atoms with Crippen molar-refractivity contribution in [2.24, 2.45) is 0 Å². The summed E-state index contributed by atoms with van der Waals surface area (Å²) in [6.45, 7) is 3.13. The Labute approximate surface area is 40.3 Å². The van der Waals surface area contributed by atoms with Crippen LogP contribution in [0.15, 0.2) is 12.7 Å². The first-order valence-corrected chi connectivity index (χ1v) is 1.67. The Hall–Kier alpha value is -0.440. The number of hydrogen-bond donors (Lipinski definition) is 0. The average molecular weight is 106 g/mol. The van der Waals surface area contributed by atoms with Crippen LogP contribution in [-0.4, -0.2) is 5.05 Å². The quantitative estimate of drug-likeness (QED) is 0.369. The lowest BCUT2D eigenvalue weighted by Gasteiger charge is -1.78. The van der Waals surface area contributed by atoms with Crippen molar-refractivity contribution in [2.45, 2.75) is 0 Å². The second-order valence-electron chi connectivity index (χ2n) is 0.600. The van der Waals surface area contributed by atoms with Crippen LogP contribution >= 0.6 is 12.2 Å². The molecule has 0 atom stereocenters. The summed E-state index contributed by atoms with van der Waals surface area (Å²) in [6, 6.07) is 0. The minimum atomic E-state index is -0.227. The maximum Gasteiger partial charge on any atom is 0.234 e. The summed E-state index contributed by atoms with van der Waals surface area (Å²) >= 11 is 4.14. The molecule has 0 rings (SSSR count). The molecule has 0 aromatic heterocycles. The van der Waals surface area contributed by atoms with Gasteiger partial charge in [-0.25, -0.2) is 0 Å². The Kier molecular flexibility index (Phi) is 2.58. The van der Waals surface area contributed by atoms with Crippen molar-refractivity contribution in [3.8, 4) is 0 Å². The Morgan fingerprint density at radius 1 is 2.00 bits per heavy atom. The van der Waals surface area contributed by atoms with Crippen LogP contribution < -0.4 is 0 Å². The Morgan fingerprint density at radius 2 is 2.50 bits per heavy atom. The van der Waals surface area contributed by atoms with Crippen LogP contribution in [0.25, 0.3) is 0 Å². The molecule has 0 saturated carbocycles. The zero-order valence-electron chi connectivity index (χ0n) is 2.98. The van der Waals surface area contributed by atoms with Crippen LogP contribution in [0.4, 0.5) is 4.53 Å². The van der Waals surface area contributed by atoms with E-state index >= 15 is 0 Å². The molecule has 0 unspecified atom stereocenters. The fourth-order valence-electron chi connectivity index (χ4n) is 0.0315. The second-order valence-corrected chi connectivity index (χ2v) is 1.00. The summed E-state index contributed by atoms with van der Waals surface area (Å²) in [5.41, 5.74) is 0. The third kappa shape index (κ3) is 1.84. The highest BCUT2D eigenvalue weighted by molar-refractivity contribution is 7.80. The van der Waals surface area contributed by atoms with Crippen molar-refractivity contribution in [1.29, 1.82) is 0 Å². The van der Waals surface area contributed by atoms with Gasteiger partial charge in [0.2, 0.25) is 5.05 Å². The van der Waals surface area contributed by atoms with Gasteiger partial charge in [0.25, 0.3) is 0 Å². The van der Waals surface area contributed by atoms with Gasteiger partial charge in [-0.05, 0) is 18.3 Å². The number of halogens is 1. The van der Waals surface area contributed by atoms with Gasteiger partial charge >= 0.3 is 0 Å². The lowest BCUT2D eigenvalue weighted by atomic mass is 10.7. The van der Waals surface area contributed by atoms with Crippen molar-refractivity contribution in [3.63, 3.8) is 0 Å². The number of hydrogen-bond acceptors (Lipinski definition) is 2. The van der Waals surface area contributed by atoms with Gasteiger partial charge in [-0.3, -0.25) is 4.94 Å². The molecule has 0 radical (unpaired) electrons. The molecule has 0 aliphatic rings. The zero-order chi connectivity index (χ0) is 4.99. The molecule has 0 N–H and O–H groups in total. The molecular formula is C3H3FOS. The molecule has 0 saturated heterocycles. The fourth-order valence-corrected chi connectivity index (χ4v) is 0.0315. The molecular weight excluding hydrogens is 103 g/mol. The minimum absolute atomic E-state index is 0.227. The van der Waals surface area contributed by atoms with Gasteiger partial charge in [0, 0.05) is 4.53 Å². The van der Waals surface area contributed by atoms with Crippen LogP contribution in [0, 0.1) is 0 Å². The lowest BCUT2D eigenvalue weighted by molar-refractivity contribution is -0.0175. The standard InChI is InChI=1S/C3H3FOS/c1-2-3(6)5-4/h2H,1H2. The van der Waals surface area contributed by atoms with E-state index in [1.165, 1.54) is 0 Å². The highest BCUT2D eigenvalue weighted by Crippen LogP contribution is 1.80. The van der Waals surface area contributed by atoms with Crippen LogP contribution in [0.2, 0.25) is 0 Å². The smallest absolute Gasteiger partial charge is 0.234 e. The number of rotatable bonds is 1. The van der Waals surface area contributed by atoms with Gasteiger partial charge in [0.1, 0.15) is 0 Å². The third-order valence-corrected chi connectivity index (χ3v) is 0.472. The van der Waals surface area contributed by atoms with Crippen LogP contribution in [0.3, 0.4) is 0 Å². The van der Waals surface area contributed by atoms with E-state index in [9.17, 15) is 4.53 Å². The molecule has 0 aliphatic heterocycles. The molecule has 0 amide bonds. The van der Waals surface area contributed by atoms with E-state index in [1.54, 1.807) is 0 Å². The summed E-state index contributed by atoms with van der Waals surface area (Å²) in [4.78, 5) is 3.01. The molecule has 0 aliphatic carbocycles. The van der Waals surface area contributed by atoms with Crippen molar-refractivity contribution in [2.75, 3.05) is 0 Å². The van der Waals surface area contributed by atoms with Gasteiger partial charge in [0.15, 0.2) is 0 Å². The maximum atomic E-state index is 10.7. The highest BCUT2D eigenvalue weighted by atomic mass is 32.1. The monoisotopic (exact) mass is 106 g/mol. The average Bonchev–Trinajstić information content (AvgIpc) is 1.65. The van der Waals surface area contributed by atoms with Crippen LogP contribution in [0.1, 0.15) is 0 Å². The van der Waals surface area contributed by atoms with E-state index in [-0.39, 0.29) is 5.05 Å². The first-order valence-electron chi connectivity index (χ1n) is 1.26. The van der Waals surface area contributed by atoms with E-state index in [4.69, 9.17) is 0 Å². The summed E-state index contributed by atoms with van der Waals surface area (Å²) in [7, 11) is 0. The van der Waals surface area contributed by atoms with Gasteiger partial charge in [-0.15, -0.1) is 0 Å². The predicted molar refractivity (Wildman–Crippen MR) is 25.0 cm³/mol. The molecule has 3 heteroatoms. The lowest BCUT2D eigenvalue weighted by Crippen LogP contribution is -1.82. The third-order valence-electron chi connectivity index (χ3n) is 0.243. The Bertz CT molecular complexity index is 71.2. The molecule has 0 heterocycles.